The van der Waals surface area contributed by atoms with E-state index in [2.05, 4.69) is 35.6 Å². The van der Waals surface area contributed by atoms with E-state index in [1.54, 1.807) is 0 Å². The first-order valence-corrected chi connectivity index (χ1v) is 11.5. The molecule has 162 valence electrons. The van der Waals surface area contributed by atoms with Crippen molar-refractivity contribution in [1.82, 2.24) is 0 Å². The summed E-state index contributed by atoms with van der Waals surface area (Å²) in [6.45, 7) is 0.723. The summed E-state index contributed by atoms with van der Waals surface area (Å²) in [6.07, 6.45) is 7.53. The van der Waals surface area contributed by atoms with Crippen LogP contribution in [0.3, 0.4) is 0 Å². The van der Waals surface area contributed by atoms with Gasteiger partial charge in [-0.15, -0.1) is 0 Å². The number of rotatable bonds is 5. The molecule has 1 aliphatic rings. The molecule has 1 aromatic heterocycles. The molecule has 1 aliphatic carbocycles. The van der Waals surface area contributed by atoms with Crippen molar-refractivity contribution in [3.05, 3.63) is 125 Å². The van der Waals surface area contributed by atoms with Gasteiger partial charge in [0.05, 0.1) is 0 Å². The Labute approximate surface area is 199 Å². The van der Waals surface area contributed by atoms with Crippen molar-refractivity contribution in [3.8, 4) is 11.1 Å². The molecule has 1 heterocycles. The van der Waals surface area contributed by atoms with Crippen LogP contribution in [0, 0.1) is 0 Å². The summed E-state index contributed by atoms with van der Waals surface area (Å²) in [5.41, 5.74) is 7.51. The van der Waals surface area contributed by atoms with Crippen LogP contribution in [0.15, 0.2) is 103 Å². The second kappa shape index (κ2) is 9.43. The number of nitrogens with one attached hydrogen (secondary N) is 1. The number of carbonyl (C=O) groups is 1. The third-order valence-electron chi connectivity index (χ3n) is 5.94. The summed E-state index contributed by atoms with van der Waals surface area (Å²) in [5.74, 6) is -0.0391. The minimum Gasteiger partial charge on any atom is -0.322 e. The van der Waals surface area contributed by atoms with Crippen molar-refractivity contribution >= 4 is 29.3 Å². The Kier molecular flexibility index (Phi) is 6.05. The molecule has 0 fully saturated rings. The average Bonchev–Trinajstić information content (AvgIpc) is 2.85. The highest BCUT2D eigenvalue weighted by Gasteiger charge is 2.17. The molecule has 3 aromatic carbocycles. The van der Waals surface area contributed by atoms with Gasteiger partial charge in [-0.2, -0.15) is 4.57 Å². The van der Waals surface area contributed by atoms with Gasteiger partial charge < -0.3 is 5.32 Å². The van der Waals surface area contributed by atoms with Crippen LogP contribution < -0.4 is 9.88 Å². The molecule has 3 nitrogen and oxygen atoms in total. The second-order valence-corrected chi connectivity index (χ2v) is 8.73. The average molecular weight is 452 g/mol. The van der Waals surface area contributed by atoms with Gasteiger partial charge in [0, 0.05) is 22.9 Å². The molecule has 1 N–H and O–H groups in total. The molecule has 33 heavy (non-hydrogen) atoms. The molecule has 0 radical (unpaired) electrons. The smallest absolute Gasteiger partial charge is 0.251 e. The second-order valence-electron chi connectivity index (χ2n) is 8.29. The molecule has 0 spiro atoms. The highest BCUT2D eigenvalue weighted by molar-refractivity contribution is 6.30. The normalized spacial score (nSPS) is 12.6. The lowest BCUT2D eigenvalue weighted by atomic mass is 9.89. The molecule has 0 aliphatic heterocycles. The maximum absolute atomic E-state index is 12.9. The molecule has 0 atom stereocenters. The van der Waals surface area contributed by atoms with Gasteiger partial charge in [0.2, 0.25) is 0 Å². The van der Waals surface area contributed by atoms with E-state index in [0.29, 0.717) is 5.02 Å². The molecule has 1 amide bonds. The van der Waals surface area contributed by atoms with Crippen LogP contribution in [-0.4, -0.2) is 5.91 Å². The Morgan fingerprint density at radius 2 is 1.70 bits per heavy atom. The van der Waals surface area contributed by atoms with E-state index in [9.17, 15) is 4.79 Å². The predicted molar refractivity (Wildman–Crippen MR) is 134 cm³/mol. The van der Waals surface area contributed by atoms with Gasteiger partial charge in [-0.05, 0) is 65.4 Å². The standard InChI is InChI=1S/C29H23ClN2O/c30-27-7-4-16-32(20-27)19-21-8-14-28(15-9-21)31-29(33)25-13-11-23-10-12-24(17-26(23)18-25)22-5-2-1-3-6-22/h1-10,12,14-18,20H,11,13,19H2/p+1. The van der Waals surface area contributed by atoms with Gasteiger partial charge in [-0.25, -0.2) is 0 Å². The zero-order valence-electron chi connectivity index (χ0n) is 18.2. The van der Waals surface area contributed by atoms with E-state index in [1.165, 1.54) is 16.7 Å². The number of aromatic nitrogens is 1. The van der Waals surface area contributed by atoms with Crippen LogP contribution in [0.1, 0.15) is 23.1 Å². The Bertz CT molecular complexity index is 1330. The molecular formula is C29H24ClN2O+. The van der Waals surface area contributed by atoms with E-state index in [1.807, 2.05) is 77.6 Å². The van der Waals surface area contributed by atoms with Gasteiger partial charge in [-0.1, -0.05) is 66.2 Å². The molecule has 4 aromatic rings. The van der Waals surface area contributed by atoms with Gasteiger partial charge >= 0.3 is 0 Å². The van der Waals surface area contributed by atoms with Gasteiger partial charge in [0.1, 0.15) is 5.02 Å². The molecule has 4 heteroatoms. The minimum absolute atomic E-state index is 0.0391. The summed E-state index contributed by atoms with van der Waals surface area (Å²) in [7, 11) is 0. The highest BCUT2D eigenvalue weighted by Crippen LogP contribution is 2.29. The maximum Gasteiger partial charge on any atom is 0.251 e. The lowest BCUT2D eigenvalue weighted by molar-refractivity contribution is -0.688. The number of benzene rings is 3. The van der Waals surface area contributed by atoms with Crippen LogP contribution in [0.25, 0.3) is 17.2 Å². The fraction of sp³-hybridized carbons (Fsp3) is 0.103. The number of hydrogen-bond donors (Lipinski definition) is 1. The number of pyridine rings is 1. The summed E-state index contributed by atoms with van der Waals surface area (Å²) in [6, 6.07) is 28.6. The third kappa shape index (κ3) is 5.05. The zero-order chi connectivity index (χ0) is 22.6. The largest absolute Gasteiger partial charge is 0.322 e. The quantitative estimate of drug-likeness (QED) is 0.354. The van der Waals surface area contributed by atoms with Crippen molar-refractivity contribution in [2.45, 2.75) is 19.4 Å². The number of fused-ring (bicyclic) bond motifs is 1. The van der Waals surface area contributed by atoms with Crippen molar-refractivity contribution in [1.29, 1.82) is 0 Å². The van der Waals surface area contributed by atoms with E-state index < -0.39 is 0 Å². The first-order chi connectivity index (χ1) is 16.1. The van der Waals surface area contributed by atoms with Gasteiger partial charge in [-0.3, -0.25) is 4.79 Å². The molecule has 0 bridgehead atoms. The van der Waals surface area contributed by atoms with Gasteiger partial charge in [0.15, 0.2) is 18.9 Å². The Balaban J connectivity index is 1.29. The van der Waals surface area contributed by atoms with Crippen LogP contribution >= 0.6 is 11.6 Å². The Morgan fingerprint density at radius 1 is 0.879 bits per heavy atom. The zero-order valence-corrected chi connectivity index (χ0v) is 18.9. The number of hydrogen-bond acceptors (Lipinski definition) is 1. The van der Waals surface area contributed by atoms with E-state index in [0.717, 1.165) is 41.8 Å². The molecule has 0 unspecified atom stereocenters. The SMILES string of the molecule is O=C(Nc1ccc(C[n+]2cccc(Cl)c2)cc1)C1=Cc2cc(-c3ccccc3)ccc2CC1. The van der Waals surface area contributed by atoms with Crippen LogP contribution in [0.4, 0.5) is 5.69 Å². The van der Waals surface area contributed by atoms with Crippen molar-refractivity contribution in [3.63, 3.8) is 0 Å². The summed E-state index contributed by atoms with van der Waals surface area (Å²) >= 11 is 6.07. The predicted octanol–water partition coefficient (Wildman–Crippen LogP) is 6.31. The topological polar surface area (TPSA) is 33.0 Å². The first-order valence-electron chi connectivity index (χ1n) is 11.1. The number of halogens is 1. The molecule has 0 saturated heterocycles. The number of aryl methyl sites for hydroxylation is 1. The fourth-order valence-corrected chi connectivity index (χ4v) is 4.38. The monoisotopic (exact) mass is 451 g/mol. The fourth-order valence-electron chi connectivity index (χ4n) is 4.18. The summed E-state index contributed by atoms with van der Waals surface area (Å²) < 4.78 is 2.03. The lowest BCUT2D eigenvalue weighted by Crippen LogP contribution is -2.33. The molecule has 5 rings (SSSR count). The number of nitrogens with zero attached hydrogens (tertiary/aromatic N) is 1. The Morgan fingerprint density at radius 3 is 2.48 bits per heavy atom. The van der Waals surface area contributed by atoms with Crippen LogP contribution in [0.5, 0.6) is 0 Å². The first kappa shape index (κ1) is 21.2. The lowest BCUT2D eigenvalue weighted by Gasteiger charge is -2.17. The van der Waals surface area contributed by atoms with Crippen molar-refractivity contribution < 1.29 is 9.36 Å². The maximum atomic E-state index is 12.9. The highest BCUT2D eigenvalue weighted by atomic mass is 35.5. The van der Waals surface area contributed by atoms with Crippen molar-refractivity contribution in [2.75, 3.05) is 5.32 Å². The number of amides is 1. The Hall–Kier alpha value is -3.69. The van der Waals surface area contributed by atoms with E-state index in [-0.39, 0.29) is 5.91 Å². The third-order valence-corrected chi connectivity index (χ3v) is 6.16. The van der Waals surface area contributed by atoms with Crippen molar-refractivity contribution in [2.24, 2.45) is 0 Å². The number of anilines is 1. The minimum atomic E-state index is -0.0391. The summed E-state index contributed by atoms with van der Waals surface area (Å²) in [5, 5.41) is 3.76. The van der Waals surface area contributed by atoms with Crippen LogP contribution in [-0.2, 0) is 17.8 Å². The van der Waals surface area contributed by atoms with Gasteiger partial charge in [0.25, 0.3) is 5.91 Å². The van der Waals surface area contributed by atoms with Crippen LogP contribution in [0.2, 0.25) is 5.02 Å². The number of carbonyl (C=O) groups excluding carboxylic acids is 1. The van der Waals surface area contributed by atoms with E-state index >= 15 is 0 Å². The molecule has 0 saturated carbocycles. The van der Waals surface area contributed by atoms with E-state index in [4.69, 9.17) is 11.6 Å². The summed E-state index contributed by atoms with van der Waals surface area (Å²) in [4.78, 5) is 12.9. The molecular weight excluding hydrogens is 428 g/mol.